The largest absolute Gasteiger partial charge is 0.379 e. The molecule has 0 bridgehead atoms. The van der Waals surface area contributed by atoms with Gasteiger partial charge in [-0.2, -0.15) is 15.4 Å². The first-order valence-electron chi connectivity index (χ1n) is 8.87. The van der Waals surface area contributed by atoms with Crippen molar-refractivity contribution in [1.29, 1.82) is 0 Å². The van der Waals surface area contributed by atoms with Gasteiger partial charge in [-0.05, 0) is 35.9 Å². The minimum absolute atomic E-state index is 0.0470. The van der Waals surface area contributed by atoms with E-state index in [-0.39, 0.29) is 17.8 Å². The second kappa shape index (κ2) is 7.81. The van der Waals surface area contributed by atoms with Crippen LogP contribution in [0.25, 0.3) is 11.0 Å². The van der Waals surface area contributed by atoms with Crippen molar-refractivity contribution in [3.05, 3.63) is 59.4 Å². The molecule has 140 valence electrons. The maximum atomic E-state index is 13.3. The molecule has 2 N–H and O–H groups in total. The summed E-state index contributed by atoms with van der Waals surface area (Å²) in [6.45, 7) is 3.25. The molecule has 3 aromatic rings. The number of aromatic nitrogens is 3. The number of halogens is 1. The van der Waals surface area contributed by atoms with Gasteiger partial charge in [0.05, 0.1) is 19.3 Å². The van der Waals surface area contributed by atoms with Gasteiger partial charge in [-0.25, -0.2) is 4.39 Å². The third kappa shape index (κ3) is 3.96. The van der Waals surface area contributed by atoms with Crippen molar-refractivity contribution in [2.75, 3.05) is 32.8 Å². The maximum Gasteiger partial charge on any atom is 0.251 e. The number of hydrogen-bond donors (Lipinski definition) is 2. The lowest BCUT2D eigenvalue weighted by Crippen LogP contribution is -2.43. The van der Waals surface area contributed by atoms with Crippen molar-refractivity contribution in [3.63, 3.8) is 0 Å². The Morgan fingerprint density at radius 1 is 1.15 bits per heavy atom. The molecule has 7 nitrogen and oxygen atoms in total. The fraction of sp³-hybridized carbons (Fsp3) is 0.316. The molecule has 1 saturated heterocycles. The minimum Gasteiger partial charge on any atom is -0.379 e. The van der Waals surface area contributed by atoms with Crippen LogP contribution in [-0.2, 0) is 4.74 Å². The number of aromatic amines is 1. The molecule has 8 heteroatoms. The topological polar surface area (TPSA) is 83.1 Å². The van der Waals surface area contributed by atoms with Crippen LogP contribution in [0.3, 0.4) is 0 Å². The van der Waals surface area contributed by atoms with Crippen LogP contribution < -0.4 is 5.32 Å². The highest BCUT2D eigenvalue weighted by Gasteiger charge is 2.23. The molecule has 0 unspecified atom stereocenters. The fourth-order valence-electron chi connectivity index (χ4n) is 3.30. The molecule has 2 heterocycles. The minimum atomic E-state index is -0.274. The lowest BCUT2D eigenvalue weighted by atomic mass is 10.0. The van der Waals surface area contributed by atoms with Crippen molar-refractivity contribution < 1.29 is 13.9 Å². The van der Waals surface area contributed by atoms with Gasteiger partial charge in [-0.1, -0.05) is 12.1 Å². The van der Waals surface area contributed by atoms with Gasteiger partial charge < -0.3 is 10.1 Å². The van der Waals surface area contributed by atoms with Crippen molar-refractivity contribution in [2.45, 2.75) is 6.04 Å². The first-order valence-corrected chi connectivity index (χ1v) is 8.87. The Bertz CT molecular complexity index is 921. The quantitative estimate of drug-likeness (QED) is 0.718. The molecule has 0 radical (unpaired) electrons. The van der Waals surface area contributed by atoms with Gasteiger partial charge >= 0.3 is 0 Å². The van der Waals surface area contributed by atoms with Crippen molar-refractivity contribution >= 4 is 16.9 Å². The van der Waals surface area contributed by atoms with Crippen molar-refractivity contribution in [2.24, 2.45) is 0 Å². The summed E-state index contributed by atoms with van der Waals surface area (Å²) in [6, 6.07) is 11.6. The Hall–Kier alpha value is -2.84. The predicted molar refractivity (Wildman–Crippen MR) is 97.8 cm³/mol. The van der Waals surface area contributed by atoms with E-state index in [1.807, 2.05) is 0 Å². The van der Waals surface area contributed by atoms with Crippen LogP contribution in [0.1, 0.15) is 22.0 Å². The lowest BCUT2D eigenvalue weighted by Gasteiger charge is -2.35. The molecule has 1 atom stereocenters. The first-order chi connectivity index (χ1) is 13.2. The molecule has 1 amide bonds. The Balaban J connectivity index is 1.50. The van der Waals surface area contributed by atoms with Crippen LogP contribution in [0.15, 0.2) is 42.5 Å². The summed E-state index contributed by atoms with van der Waals surface area (Å²) >= 11 is 0. The average Bonchev–Trinajstić information content (AvgIpc) is 3.18. The monoisotopic (exact) mass is 369 g/mol. The highest BCUT2D eigenvalue weighted by Crippen LogP contribution is 2.22. The zero-order valence-corrected chi connectivity index (χ0v) is 14.7. The molecule has 27 heavy (non-hydrogen) atoms. The predicted octanol–water partition coefficient (Wildman–Crippen LogP) is 1.90. The molecule has 2 aromatic carbocycles. The van der Waals surface area contributed by atoms with Gasteiger partial charge in [0.1, 0.15) is 16.9 Å². The number of fused-ring (bicyclic) bond motifs is 1. The smallest absolute Gasteiger partial charge is 0.251 e. The highest BCUT2D eigenvalue weighted by atomic mass is 19.1. The zero-order chi connectivity index (χ0) is 18.6. The zero-order valence-electron chi connectivity index (χ0n) is 14.7. The van der Waals surface area contributed by atoms with Gasteiger partial charge in [-0.3, -0.25) is 9.69 Å². The summed E-state index contributed by atoms with van der Waals surface area (Å²) in [5.41, 5.74) is 2.84. The number of nitrogens with one attached hydrogen (secondary N) is 2. The number of carbonyl (C=O) groups is 1. The molecule has 4 rings (SSSR count). The normalized spacial score (nSPS) is 16.3. The summed E-state index contributed by atoms with van der Waals surface area (Å²) in [5, 5.41) is 13.5. The van der Waals surface area contributed by atoms with E-state index in [2.05, 4.69) is 25.6 Å². The van der Waals surface area contributed by atoms with Crippen molar-refractivity contribution in [1.82, 2.24) is 25.6 Å². The molecule has 1 aromatic heterocycles. The lowest BCUT2D eigenvalue weighted by molar-refractivity contribution is 0.0162. The molecular formula is C19H20FN5O2. The Morgan fingerprint density at radius 3 is 2.67 bits per heavy atom. The number of nitrogens with zero attached hydrogens (tertiary/aromatic N) is 3. The van der Waals surface area contributed by atoms with Gasteiger partial charge in [0.2, 0.25) is 0 Å². The third-order valence-electron chi connectivity index (χ3n) is 4.78. The SMILES string of the molecule is O=C(NC[C@@H](c1ccc(F)cc1)N1CCOCC1)c1ccc2n[nH]nc2c1. The van der Waals surface area contributed by atoms with Crippen LogP contribution in [0.5, 0.6) is 0 Å². The van der Waals surface area contributed by atoms with Crippen LogP contribution in [0.4, 0.5) is 4.39 Å². The van der Waals surface area contributed by atoms with E-state index in [1.165, 1.54) is 12.1 Å². The summed E-state index contributed by atoms with van der Waals surface area (Å²) in [4.78, 5) is 14.9. The van der Waals surface area contributed by atoms with Gasteiger partial charge in [0, 0.05) is 25.2 Å². The highest BCUT2D eigenvalue weighted by molar-refractivity contribution is 5.97. The summed E-state index contributed by atoms with van der Waals surface area (Å²) in [7, 11) is 0. The van der Waals surface area contributed by atoms with Crippen LogP contribution in [-0.4, -0.2) is 59.1 Å². The fourth-order valence-corrected chi connectivity index (χ4v) is 3.30. The Morgan fingerprint density at radius 2 is 1.89 bits per heavy atom. The van der Waals surface area contributed by atoms with E-state index in [0.717, 1.165) is 18.7 Å². The number of morpholine rings is 1. The summed E-state index contributed by atoms with van der Waals surface area (Å²) in [5.74, 6) is -0.454. The summed E-state index contributed by atoms with van der Waals surface area (Å²) in [6.07, 6.45) is 0. The van der Waals surface area contributed by atoms with Gasteiger partial charge in [-0.15, -0.1) is 0 Å². The van der Waals surface area contributed by atoms with E-state index in [4.69, 9.17) is 4.74 Å². The third-order valence-corrected chi connectivity index (χ3v) is 4.78. The Kier molecular flexibility index (Phi) is 5.08. The van der Waals surface area contributed by atoms with Gasteiger partial charge in [0.15, 0.2) is 0 Å². The van der Waals surface area contributed by atoms with Crippen molar-refractivity contribution in [3.8, 4) is 0 Å². The molecule has 0 spiro atoms. The number of ether oxygens (including phenoxy) is 1. The Labute approximate surface area is 155 Å². The van der Waals surface area contributed by atoms with E-state index in [0.29, 0.717) is 36.4 Å². The molecule has 1 fully saturated rings. The second-order valence-corrected chi connectivity index (χ2v) is 6.45. The van der Waals surface area contributed by atoms with E-state index in [1.54, 1.807) is 30.3 Å². The molecule has 1 aliphatic heterocycles. The van der Waals surface area contributed by atoms with E-state index < -0.39 is 0 Å². The molecular weight excluding hydrogens is 349 g/mol. The number of rotatable bonds is 5. The number of H-pyrrole nitrogens is 1. The number of carbonyl (C=O) groups excluding carboxylic acids is 1. The molecule has 0 aliphatic carbocycles. The van der Waals surface area contributed by atoms with Crippen LogP contribution >= 0.6 is 0 Å². The summed E-state index contributed by atoms with van der Waals surface area (Å²) < 4.78 is 18.7. The maximum absolute atomic E-state index is 13.3. The van der Waals surface area contributed by atoms with E-state index in [9.17, 15) is 9.18 Å². The second-order valence-electron chi connectivity index (χ2n) is 6.45. The van der Waals surface area contributed by atoms with E-state index >= 15 is 0 Å². The number of hydrogen-bond acceptors (Lipinski definition) is 5. The standard InChI is InChI=1S/C19H20FN5O2/c20-15-4-1-13(2-5-15)18(25-7-9-27-10-8-25)12-21-19(26)14-3-6-16-17(11-14)23-24-22-16/h1-6,11,18H,7-10,12H2,(H,21,26)(H,22,23,24)/t18-/m0/s1. The molecule has 1 aliphatic rings. The first kappa shape index (κ1) is 17.6. The molecule has 0 saturated carbocycles. The van der Waals surface area contributed by atoms with Crippen LogP contribution in [0, 0.1) is 5.82 Å². The number of benzene rings is 2. The van der Waals surface area contributed by atoms with Crippen LogP contribution in [0.2, 0.25) is 0 Å². The average molecular weight is 369 g/mol. The van der Waals surface area contributed by atoms with Gasteiger partial charge in [0.25, 0.3) is 5.91 Å². The number of amides is 1.